The minimum absolute atomic E-state index is 0. The van der Waals surface area contributed by atoms with Gasteiger partial charge in [0.25, 0.3) is 0 Å². The van der Waals surface area contributed by atoms with Gasteiger partial charge in [0.2, 0.25) is 5.91 Å². The van der Waals surface area contributed by atoms with Crippen molar-refractivity contribution in [3.05, 3.63) is 64.7 Å². The lowest BCUT2D eigenvalue weighted by atomic mass is 10.1. The highest BCUT2D eigenvalue weighted by atomic mass is 127. The average molecular weight is 501 g/mol. The molecule has 0 aliphatic heterocycles. The first-order chi connectivity index (χ1) is 12.5. The molecule has 146 valence electrons. The molecule has 0 saturated heterocycles. The number of hydrogen-bond donors (Lipinski definition) is 3. The van der Waals surface area contributed by atoms with Crippen LogP contribution in [0.25, 0.3) is 0 Å². The van der Waals surface area contributed by atoms with E-state index in [9.17, 15) is 4.79 Å². The number of rotatable bonds is 6. The number of halogens is 2. The third-order valence-corrected chi connectivity index (χ3v) is 4.47. The van der Waals surface area contributed by atoms with Gasteiger partial charge in [-0.1, -0.05) is 48.0 Å². The molecule has 7 heteroatoms. The van der Waals surface area contributed by atoms with Gasteiger partial charge in [-0.05, 0) is 37.1 Å². The van der Waals surface area contributed by atoms with E-state index >= 15 is 0 Å². The molecule has 2 aromatic rings. The smallest absolute Gasteiger partial charge is 0.226 e. The second kappa shape index (κ2) is 11.8. The van der Waals surface area contributed by atoms with Crippen molar-refractivity contribution in [2.24, 2.45) is 4.99 Å². The van der Waals surface area contributed by atoms with Gasteiger partial charge in [-0.3, -0.25) is 9.79 Å². The first-order valence-corrected chi connectivity index (χ1v) is 8.96. The van der Waals surface area contributed by atoms with Crippen molar-refractivity contribution in [3.63, 3.8) is 0 Å². The van der Waals surface area contributed by atoms with Gasteiger partial charge < -0.3 is 16.0 Å². The number of nitrogens with one attached hydrogen (secondary N) is 3. The first kappa shape index (κ1) is 23.2. The van der Waals surface area contributed by atoms with Crippen LogP contribution in [0.5, 0.6) is 0 Å². The highest BCUT2D eigenvalue weighted by Gasteiger charge is 2.09. The molecular weight excluding hydrogens is 475 g/mol. The molecule has 0 saturated carbocycles. The maximum Gasteiger partial charge on any atom is 0.226 e. The van der Waals surface area contributed by atoms with Crippen molar-refractivity contribution >= 4 is 53.1 Å². The highest BCUT2D eigenvalue weighted by Crippen LogP contribution is 2.22. The summed E-state index contributed by atoms with van der Waals surface area (Å²) in [6.07, 6.45) is 0.326. The molecule has 1 atom stereocenters. The molecule has 1 unspecified atom stereocenters. The predicted octanol–water partition coefficient (Wildman–Crippen LogP) is 4.52. The van der Waals surface area contributed by atoms with Crippen LogP contribution in [-0.2, 0) is 4.79 Å². The molecule has 0 heterocycles. The van der Waals surface area contributed by atoms with Gasteiger partial charge in [-0.25, -0.2) is 0 Å². The fourth-order valence-electron chi connectivity index (χ4n) is 2.47. The summed E-state index contributed by atoms with van der Waals surface area (Å²) in [7, 11) is 1.71. The molecule has 0 aromatic heterocycles. The van der Waals surface area contributed by atoms with E-state index in [4.69, 9.17) is 11.6 Å². The van der Waals surface area contributed by atoms with Crippen LogP contribution in [-0.4, -0.2) is 25.5 Å². The van der Waals surface area contributed by atoms with Crippen LogP contribution in [0.4, 0.5) is 5.69 Å². The summed E-state index contributed by atoms with van der Waals surface area (Å²) in [5.41, 5.74) is 2.77. The van der Waals surface area contributed by atoms with Crippen molar-refractivity contribution in [1.82, 2.24) is 10.6 Å². The second-order valence-electron chi connectivity index (χ2n) is 5.99. The van der Waals surface area contributed by atoms with Gasteiger partial charge in [0, 0.05) is 30.7 Å². The average Bonchev–Trinajstić information content (AvgIpc) is 2.65. The Morgan fingerprint density at radius 3 is 2.52 bits per heavy atom. The Morgan fingerprint density at radius 2 is 1.85 bits per heavy atom. The molecule has 0 aliphatic carbocycles. The van der Waals surface area contributed by atoms with Crippen LogP contribution >= 0.6 is 35.6 Å². The van der Waals surface area contributed by atoms with Crippen LogP contribution in [0.15, 0.2) is 53.5 Å². The third-order valence-electron chi connectivity index (χ3n) is 4.06. The summed E-state index contributed by atoms with van der Waals surface area (Å²) in [5, 5.41) is 10.0. The van der Waals surface area contributed by atoms with Gasteiger partial charge in [0.15, 0.2) is 5.96 Å². The number of anilines is 1. The molecule has 0 aliphatic rings. The zero-order valence-electron chi connectivity index (χ0n) is 15.8. The van der Waals surface area contributed by atoms with Gasteiger partial charge in [-0.15, -0.1) is 24.0 Å². The maximum absolute atomic E-state index is 12.1. The lowest BCUT2D eigenvalue weighted by molar-refractivity contribution is -0.116. The molecule has 0 bridgehead atoms. The lowest BCUT2D eigenvalue weighted by Crippen LogP contribution is -2.39. The maximum atomic E-state index is 12.1. The predicted molar refractivity (Wildman–Crippen MR) is 124 cm³/mol. The van der Waals surface area contributed by atoms with Crippen molar-refractivity contribution in [2.45, 2.75) is 26.3 Å². The zero-order chi connectivity index (χ0) is 18.9. The summed E-state index contributed by atoms with van der Waals surface area (Å²) < 4.78 is 0. The topological polar surface area (TPSA) is 65.5 Å². The van der Waals surface area contributed by atoms with Crippen LogP contribution < -0.4 is 16.0 Å². The Kier molecular flexibility index (Phi) is 10.2. The fraction of sp³-hybridized carbons (Fsp3) is 0.300. The number of carbonyl (C=O) groups excluding carboxylic acids is 1. The summed E-state index contributed by atoms with van der Waals surface area (Å²) in [4.78, 5) is 16.3. The molecule has 27 heavy (non-hydrogen) atoms. The van der Waals surface area contributed by atoms with Gasteiger partial charge in [-0.2, -0.15) is 0 Å². The van der Waals surface area contributed by atoms with Crippen molar-refractivity contribution in [3.8, 4) is 0 Å². The van der Waals surface area contributed by atoms with E-state index in [2.05, 4.69) is 40.0 Å². The molecule has 0 fully saturated rings. The van der Waals surface area contributed by atoms with Crippen LogP contribution in [0.2, 0.25) is 5.02 Å². The Labute approximate surface area is 183 Å². The van der Waals surface area contributed by atoms with Crippen LogP contribution in [0.1, 0.15) is 30.5 Å². The van der Waals surface area contributed by atoms with E-state index in [-0.39, 0.29) is 35.9 Å². The summed E-state index contributed by atoms with van der Waals surface area (Å²) in [6.45, 7) is 4.43. The van der Waals surface area contributed by atoms with E-state index in [1.165, 1.54) is 5.56 Å². The lowest BCUT2D eigenvalue weighted by Gasteiger charge is -2.18. The van der Waals surface area contributed by atoms with E-state index in [1.54, 1.807) is 13.1 Å². The number of guanidine groups is 1. The van der Waals surface area contributed by atoms with E-state index in [0.717, 1.165) is 11.3 Å². The molecule has 5 nitrogen and oxygen atoms in total. The number of aliphatic imine (C=N–C) groups is 1. The molecule has 1 amide bonds. The van der Waals surface area contributed by atoms with Gasteiger partial charge in [0.1, 0.15) is 0 Å². The fourth-order valence-corrected chi connectivity index (χ4v) is 2.65. The zero-order valence-corrected chi connectivity index (χ0v) is 18.8. The van der Waals surface area contributed by atoms with E-state index in [0.29, 0.717) is 23.9 Å². The summed E-state index contributed by atoms with van der Waals surface area (Å²) in [6, 6.07) is 15.7. The van der Waals surface area contributed by atoms with Gasteiger partial charge >= 0.3 is 0 Å². The second-order valence-corrected chi connectivity index (χ2v) is 6.39. The van der Waals surface area contributed by atoms with Gasteiger partial charge in [0.05, 0.1) is 6.04 Å². The molecule has 3 N–H and O–H groups in total. The Balaban J connectivity index is 0.00000364. The monoisotopic (exact) mass is 500 g/mol. The third kappa shape index (κ3) is 7.38. The quantitative estimate of drug-likeness (QED) is 0.310. The minimum Gasteiger partial charge on any atom is -0.356 e. The van der Waals surface area contributed by atoms with Crippen LogP contribution in [0.3, 0.4) is 0 Å². The highest BCUT2D eigenvalue weighted by molar-refractivity contribution is 14.0. The molecular formula is C20H26ClIN4O. The number of carbonyl (C=O) groups is 1. The largest absolute Gasteiger partial charge is 0.356 e. The Hall–Kier alpha value is -1.80. The SMILES string of the molecule is CN=C(NCCC(=O)Nc1cccc(Cl)c1C)NC(C)c1ccccc1.I. The number of amides is 1. The Morgan fingerprint density at radius 1 is 1.15 bits per heavy atom. The van der Waals surface area contributed by atoms with Crippen molar-refractivity contribution in [2.75, 3.05) is 18.9 Å². The number of benzene rings is 2. The Bertz CT molecular complexity index is 768. The molecule has 2 aromatic carbocycles. The van der Waals surface area contributed by atoms with Crippen molar-refractivity contribution in [1.29, 1.82) is 0 Å². The molecule has 2 rings (SSSR count). The van der Waals surface area contributed by atoms with E-state index in [1.807, 2.05) is 37.3 Å². The summed E-state index contributed by atoms with van der Waals surface area (Å²) in [5.74, 6) is 0.586. The number of nitrogens with zero attached hydrogens (tertiary/aromatic N) is 1. The van der Waals surface area contributed by atoms with Crippen LogP contribution in [0, 0.1) is 6.92 Å². The minimum atomic E-state index is -0.0746. The van der Waals surface area contributed by atoms with E-state index < -0.39 is 0 Å². The molecule has 0 radical (unpaired) electrons. The standard InChI is InChI=1S/C20H25ClN4O.HI/c1-14-17(21)10-7-11-18(14)25-19(26)12-13-23-20(22-3)24-15(2)16-8-5-4-6-9-16;/h4-11,15H,12-13H2,1-3H3,(H,25,26)(H2,22,23,24);1H. The first-order valence-electron chi connectivity index (χ1n) is 8.58. The summed E-state index contributed by atoms with van der Waals surface area (Å²) >= 11 is 6.07. The normalized spacial score (nSPS) is 11.9. The number of hydrogen-bond acceptors (Lipinski definition) is 2. The molecule has 0 spiro atoms. The van der Waals surface area contributed by atoms with Crippen molar-refractivity contribution < 1.29 is 4.79 Å².